The van der Waals surface area contributed by atoms with E-state index in [-0.39, 0.29) is 6.04 Å². The van der Waals surface area contributed by atoms with E-state index in [9.17, 15) is 0 Å². The maximum Gasteiger partial charge on any atom is 0.127 e. The molecule has 0 saturated heterocycles. The number of nitrogens with one attached hydrogen (secondary N) is 1. The van der Waals surface area contributed by atoms with Gasteiger partial charge in [0.05, 0.1) is 20.3 Å². The monoisotopic (exact) mass is 287 g/mol. The van der Waals surface area contributed by atoms with E-state index in [2.05, 4.69) is 22.2 Å². The van der Waals surface area contributed by atoms with Gasteiger partial charge < -0.3 is 14.8 Å². The van der Waals surface area contributed by atoms with Crippen molar-refractivity contribution < 1.29 is 9.47 Å². The lowest BCUT2D eigenvalue weighted by Gasteiger charge is -2.21. The molecule has 0 spiro atoms. The first kappa shape index (κ1) is 15.3. The van der Waals surface area contributed by atoms with E-state index in [4.69, 9.17) is 9.47 Å². The fourth-order valence-corrected chi connectivity index (χ4v) is 2.21. The highest BCUT2D eigenvalue weighted by atomic mass is 16.5. The van der Waals surface area contributed by atoms with Gasteiger partial charge in [-0.15, -0.1) is 0 Å². The molecule has 0 amide bonds. The quantitative estimate of drug-likeness (QED) is 0.848. The Balaban J connectivity index is 2.41. The number of rotatable bonds is 7. The van der Waals surface area contributed by atoms with Crippen molar-refractivity contribution in [2.75, 3.05) is 20.8 Å². The number of methoxy groups -OCH3 is 2. The summed E-state index contributed by atoms with van der Waals surface area (Å²) in [6, 6.07) is 5.83. The fraction of sp³-hybridized carbons (Fsp3) is 0.375. The van der Waals surface area contributed by atoms with E-state index in [1.54, 1.807) is 14.2 Å². The van der Waals surface area contributed by atoms with Crippen LogP contribution in [0.15, 0.2) is 36.9 Å². The van der Waals surface area contributed by atoms with Gasteiger partial charge in [-0.3, -0.25) is 0 Å². The molecule has 2 aromatic rings. The summed E-state index contributed by atoms with van der Waals surface area (Å²) < 4.78 is 10.8. The van der Waals surface area contributed by atoms with E-state index in [1.807, 2.05) is 30.6 Å². The third-order valence-electron chi connectivity index (χ3n) is 3.26. The van der Waals surface area contributed by atoms with Crippen LogP contribution in [0.2, 0.25) is 0 Å². The summed E-state index contributed by atoms with van der Waals surface area (Å²) >= 11 is 0. The molecule has 5 heteroatoms. The second-order valence-electron chi connectivity index (χ2n) is 4.67. The summed E-state index contributed by atoms with van der Waals surface area (Å²) in [6.07, 6.45) is 6.22. The van der Waals surface area contributed by atoms with Gasteiger partial charge in [-0.05, 0) is 25.1 Å². The first-order chi connectivity index (χ1) is 10.3. The first-order valence-electron chi connectivity index (χ1n) is 7.00. The first-order valence-corrected chi connectivity index (χ1v) is 7.00. The number of benzene rings is 1. The Kier molecular flexibility index (Phi) is 5.51. The Hall–Kier alpha value is -2.14. The highest BCUT2D eigenvalue weighted by molar-refractivity contribution is 5.45. The Morgan fingerprint density at radius 3 is 2.52 bits per heavy atom. The van der Waals surface area contributed by atoms with Crippen LogP contribution >= 0.6 is 0 Å². The number of hydrogen-bond donors (Lipinski definition) is 1. The zero-order chi connectivity index (χ0) is 15.1. The zero-order valence-electron chi connectivity index (χ0n) is 12.7. The predicted octanol–water partition coefficient (Wildman–Crippen LogP) is 2.58. The highest BCUT2D eigenvalue weighted by Gasteiger charge is 2.18. The summed E-state index contributed by atoms with van der Waals surface area (Å²) in [4.78, 5) is 8.22. The van der Waals surface area contributed by atoms with Crippen molar-refractivity contribution in [2.45, 2.75) is 19.4 Å². The SMILES string of the molecule is CCCNC(c1cncnc1)c1ccc(OC)cc1OC. The average Bonchev–Trinajstić information content (AvgIpc) is 2.56. The van der Waals surface area contributed by atoms with Crippen molar-refractivity contribution in [1.29, 1.82) is 0 Å². The maximum atomic E-state index is 5.51. The van der Waals surface area contributed by atoms with Gasteiger partial charge in [-0.2, -0.15) is 0 Å². The zero-order valence-corrected chi connectivity index (χ0v) is 12.7. The molecule has 1 atom stereocenters. The van der Waals surface area contributed by atoms with Gasteiger partial charge in [0, 0.05) is 29.6 Å². The molecule has 0 bridgehead atoms. The number of hydrogen-bond acceptors (Lipinski definition) is 5. The molecular weight excluding hydrogens is 266 g/mol. The summed E-state index contributed by atoms with van der Waals surface area (Å²) in [7, 11) is 3.31. The predicted molar refractivity (Wildman–Crippen MR) is 81.7 cm³/mol. The van der Waals surface area contributed by atoms with E-state index >= 15 is 0 Å². The normalized spacial score (nSPS) is 12.0. The number of aromatic nitrogens is 2. The second kappa shape index (κ2) is 7.59. The van der Waals surface area contributed by atoms with Crippen LogP contribution in [-0.2, 0) is 0 Å². The van der Waals surface area contributed by atoms with Crippen molar-refractivity contribution >= 4 is 0 Å². The second-order valence-corrected chi connectivity index (χ2v) is 4.67. The lowest BCUT2D eigenvalue weighted by molar-refractivity contribution is 0.387. The van der Waals surface area contributed by atoms with Gasteiger partial charge in [0.1, 0.15) is 17.8 Å². The van der Waals surface area contributed by atoms with Crippen LogP contribution in [0, 0.1) is 0 Å². The smallest absolute Gasteiger partial charge is 0.127 e. The highest BCUT2D eigenvalue weighted by Crippen LogP contribution is 2.32. The van der Waals surface area contributed by atoms with Crippen LogP contribution in [-0.4, -0.2) is 30.7 Å². The van der Waals surface area contributed by atoms with Crippen LogP contribution < -0.4 is 14.8 Å². The Morgan fingerprint density at radius 1 is 1.14 bits per heavy atom. The molecule has 1 aromatic carbocycles. The topological polar surface area (TPSA) is 56.3 Å². The van der Waals surface area contributed by atoms with Crippen LogP contribution in [0.4, 0.5) is 0 Å². The lowest BCUT2D eigenvalue weighted by atomic mass is 9.99. The molecule has 1 N–H and O–H groups in total. The molecular formula is C16H21N3O2. The molecule has 1 aromatic heterocycles. The average molecular weight is 287 g/mol. The molecule has 2 rings (SSSR count). The van der Waals surface area contributed by atoms with Crippen molar-refractivity contribution in [3.8, 4) is 11.5 Å². The van der Waals surface area contributed by atoms with Gasteiger partial charge in [-0.1, -0.05) is 6.92 Å². The summed E-state index contributed by atoms with van der Waals surface area (Å²) in [5, 5.41) is 3.51. The molecule has 1 unspecified atom stereocenters. The molecule has 0 fully saturated rings. The summed E-state index contributed by atoms with van der Waals surface area (Å²) in [5.74, 6) is 1.56. The summed E-state index contributed by atoms with van der Waals surface area (Å²) in [5.41, 5.74) is 2.05. The van der Waals surface area contributed by atoms with E-state index in [0.29, 0.717) is 0 Å². The van der Waals surface area contributed by atoms with Gasteiger partial charge >= 0.3 is 0 Å². The minimum absolute atomic E-state index is 0.00740. The van der Waals surface area contributed by atoms with Crippen LogP contribution in [0.25, 0.3) is 0 Å². The Labute approximate surface area is 125 Å². The van der Waals surface area contributed by atoms with Crippen molar-refractivity contribution in [3.63, 3.8) is 0 Å². The van der Waals surface area contributed by atoms with E-state index < -0.39 is 0 Å². The molecule has 0 radical (unpaired) electrons. The molecule has 21 heavy (non-hydrogen) atoms. The van der Waals surface area contributed by atoms with Crippen molar-refractivity contribution in [3.05, 3.63) is 48.0 Å². The lowest BCUT2D eigenvalue weighted by Crippen LogP contribution is -2.24. The molecule has 0 aliphatic carbocycles. The number of nitrogens with zero attached hydrogens (tertiary/aromatic N) is 2. The molecule has 0 aliphatic rings. The van der Waals surface area contributed by atoms with Crippen molar-refractivity contribution in [1.82, 2.24) is 15.3 Å². The van der Waals surface area contributed by atoms with Crippen LogP contribution in [0.1, 0.15) is 30.5 Å². The van der Waals surface area contributed by atoms with Crippen molar-refractivity contribution in [2.24, 2.45) is 0 Å². The standard InChI is InChI=1S/C16H21N3O2/c1-4-7-19-16(12-9-17-11-18-10-12)14-6-5-13(20-2)8-15(14)21-3/h5-6,8-11,16,19H,4,7H2,1-3H3. The maximum absolute atomic E-state index is 5.51. The van der Waals surface area contributed by atoms with Gasteiger partial charge in [0.2, 0.25) is 0 Å². The van der Waals surface area contributed by atoms with Gasteiger partial charge in [-0.25, -0.2) is 9.97 Å². The van der Waals surface area contributed by atoms with E-state index in [1.165, 1.54) is 6.33 Å². The third-order valence-corrected chi connectivity index (χ3v) is 3.26. The van der Waals surface area contributed by atoms with Gasteiger partial charge in [0.25, 0.3) is 0 Å². The third kappa shape index (κ3) is 3.70. The molecule has 0 saturated carbocycles. The molecule has 1 heterocycles. The van der Waals surface area contributed by atoms with E-state index in [0.717, 1.165) is 35.6 Å². The fourth-order valence-electron chi connectivity index (χ4n) is 2.21. The molecule has 5 nitrogen and oxygen atoms in total. The van der Waals surface area contributed by atoms with Crippen LogP contribution in [0.3, 0.4) is 0 Å². The largest absolute Gasteiger partial charge is 0.497 e. The minimum atomic E-state index is -0.00740. The van der Waals surface area contributed by atoms with Gasteiger partial charge in [0.15, 0.2) is 0 Å². The molecule has 0 aliphatic heterocycles. The summed E-state index contributed by atoms with van der Waals surface area (Å²) in [6.45, 7) is 3.03. The molecule has 112 valence electrons. The minimum Gasteiger partial charge on any atom is -0.497 e. The Morgan fingerprint density at radius 2 is 1.90 bits per heavy atom. The Bertz CT molecular complexity index is 561. The number of ether oxygens (including phenoxy) is 2. The van der Waals surface area contributed by atoms with Crippen LogP contribution in [0.5, 0.6) is 11.5 Å².